The van der Waals surface area contributed by atoms with Crippen molar-refractivity contribution in [2.24, 2.45) is 0 Å². The Balaban J connectivity index is 2.20. The lowest BCUT2D eigenvalue weighted by molar-refractivity contribution is 0.411. The van der Waals surface area contributed by atoms with Gasteiger partial charge in [-0.25, -0.2) is 4.39 Å². The number of hydrogen-bond donors (Lipinski definition) is 1. The van der Waals surface area contributed by atoms with E-state index >= 15 is 0 Å². The lowest BCUT2D eigenvalue weighted by Gasteiger charge is -2.13. The number of halogens is 2. The van der Waals surface area contributed by atoms with Crippen molar-refractivity contribution in [2.75, 3.05) is 13.7 Å². The second-order valence-corrected chi connectivity index (χ2v) is 4.93. The average Bonchev–Trinajstić information content (AvgIpc) is 2.77. The predicted octanol–water partition coefficient (Wildman–Crippen LogP) is 2.89. The summed E-state index contributed by atoms with van der Waals surface area (Å²) in [6, 6.07) is 3.83. The molecule has 1 fully saturated rings. The van der Waals surface area contributed by atoms with Gasteiger partial charge in [-0.3, -0.25) is 0 Å². The molecule has 4 heteroatoms. The summed E-state index contributed by atoms with van der Waals surface area (Å²) in [6.07, 6.45) is 3.02. The van der Waals surface area contributed by atoms with Crippen LogP contribution in [0.1, 0.15) is 18.4 Å². The van der Waals surface area contributed by atoms with Crippen molar-refractivity contribution in [1.82, 2.24) is 5.32 Å². The Morgan fingerprint density at radius 1 is 1.56 bits per heavy atom. The summed E-state index contributed by atoms with van der Waals surface area (Å²) in [4.78, 5) is 0. The number of ether oxygens (including phenoxy) is 1. The van der Waals surface area contributed by atoms with E-state index in [1.54, 1.807) is 19.2 Å². The third kappa shape index (κ3) is 2.55. The van der Waals surface area contributed by atoms with E-state index < -0.39 is 0 Å². The minimum Gasteiger partial charge on any atom is -0.497 e. The summed E-state index contributed by atoms with van der Waals surface area (Å²) in [5.74, 6) is 0.524. The molecule has 0 radical (unpaired) electrons. The van der Waals surface area contributed by atoms with E-state index in [0.717, 1.165) is 19.4 Å². The minimum absolute atomic E-state index is 0.172. The van der Waals surface area contributed by atoms with Crippen LogP contribution in [0.15, 0.2) is 16.6 Å². The Bertz CT molecular complexity index is 378. The highest BCUT2D eigenvalue weighted by Crippen LogP contribution is 2.27. The van der Waals surface area contributed by atoms with E-state index in [-0.39, 0.29) is 5.82 Å². The molecule has 1 atom stereocenters. The number of methoxy groups -OCH3 is 1. The molecule has 1 aliphatic heterocycles. The van der Waals surface area contributed by atoms with Gasteiger partial charge in [0, 0.05) is 6.04 Å². The maximum atomic E-state index is 13.8. The number of nitrogens with one attached hydrogen (secondary N) is 1. The van der Waals surface area contributed by atoms with Gasteiger partial charge in [0.05, 0.1) is 11.6 Å². The van der Waals surface area contributed by atoms with Crippen LogP contribution in [0.2, 0.25) is 0 Å². The lowest BCUT2D eigenvalue weighted by atomic mass is 10.0. The molecule has 88 valence electrons. The predicted molar refractivity (Wildman–Crippen MR) is 65.4 cm³/mol. The van der Waals surface area contributed by atoms with E-state index in [0.29, 0.717) is 21.8 Å². The molecule has 0 saturated carbocycles. The molecule has 0 amide bonds. The van der Waals surface area contributed by atoms with Crippen LogP contribution in [-0.2, 0) is 6.42 Å². The molecular weight excluding hydrogens is 273 g/mol. The molecule has 1 saturated heterocycles. The summed E-state index contributed by atoms with van der Waals surface area (Å²) >= 11 is 3.21. The zero-order valence-corrected chi connectivity index (χ0v) is 10.8. The Hall–Kier alpha value is -0.610. The highest BCUT2D eigenvalue weighted by Gasteiger charge is 2.18. The first-order chi connectivity index (χ1) is 7.70. The molecule has 0 aromatic heterocycles. The number of benzene rings is 1. The zero-order chi connectivity index (χ0) is 11.5. The van der Waals surface area contributed by atoms with Crippen LogP contribution in [-0.4, -0.2) is 19.7 Å². The van der Waals surface area contributed by atoms with Gasteiger partial charge in [0.1, 0.15) is 11.6 Å². The van der Waals surface area contributed by atoms with Gasteiger partial charge in [0.25, 0.3) is 0 Å². The average molecular weight is 288 g/mol. The zero-order valence-electron chi connectivity index (χ0n) is 9.22. The van der Waals surface area contributed by atoms with E-state index in [2.05, 4.69) is 21.2 Å². The third-order valence-electron chi connectivity index (χ3n) is 2.94. The van der Waals surface area contributed by atoms with Crippen molar-refractivity contribution in [3.05, 3.63) is 28.0 Å². The first-order valence-electron chi connectivity index (χ1n) is 5.46. The largest absolute Gasteiger partial charge is 0.497 e. The normalized spacial score (nSPS) is 20.1. The lowest BCUT2D eigenvalue weighted by Crippen LogP contribution is -2.24. The van der Waals surface area contributed by atoms with E-state index in [4.69, 9.17) is 4.74 Å². The van der Waals surface area contributed by atoms with E-state index in [1.807, 2.05) is 0 Å². The summed E-state index contributed by atoms with van der Waals surface area (Å²) in [6.45, 7) is 1.04. The van der Waals surface area contributed by atoms with Gasteiger partial charge in [-0.05, 0) is 59.4 Å². The number of hydrogen-bond acceptors (Lipinski definition) is 2. The van der Waals surface area contributed by atoms with Crippen molar-refractivity contribution in [2.45, 2.75) is 25.3 Å². The summed E-state index contributed by atoms with van der Waals surface area (Å²) in [7, 11) is 1.59. The fourth-order valence-electron chi connectivity index (χ4n) is 2.08. The summed E-state index contributed by atoms with van der Waals surface area (Å²) < 4.78 is 19.5. The van der Waals surface area contributed by atoms with Gasteiger partial charge in [-0.2, -0.15) is 0 Å². The maximum Gasteiger partial charge on any atom is 0.140 e. The molecule has 0 spiro atoms. The molecule has 1 aromatic carbocycles. The van der Waals surface area contributed by atoms with Crippen molar-refractivity contribution >= 4 is 15.9 Å². The molecule has 2 nitrogen and oxygen atoms in total. The van der Waals surface area contributed by atoms with Crippen molar-refractivity contribution < 1.29 is 9.13 Å². The van der Waals surface area contributed by atoms with Crippen LogP contribution in [0.5, 0.6) is 5.75 Å². The Morgan fingerprint density at radius 3 is 3.00 bits per heavy atom. The second-order valence-electron chi connectivity index (χ2n) is 4.08. The maximum absolute atomic E-state index is 13.8. The molecule has 1 aliphatic rings. The van der Waals surface area contributed by atoms with Gasteiger partial charge in [0.2, 0.25) is 0 Å². The van der Waals surface area contributed by atoms with E-state index in [9.17, 15) is 4.39 Å². The Kier molecular flexibility index (Phi) is 3.82. The molecule has 1 aromatic rings. The first kappa shape index (κ1) is 11.9. The molecule has 1 unspecified atom stereocenters. The first-order valence-corrected chi connectivity index (χ1v) is 6.25. The van der Waals surface area contributed by atoms with Gasteiger partial charge >= 0.3 is 0 Å². The molecule has 1 heterocycles. The molecule has 2 rings (SSSR count). The van der Waals surface area contributed by atoms with Crippen LogP contribution >= 0.6 is 15.9 Å². The van der Waals surface area contributed by atoms with Crippen molar-refractivity contribution in [3.8, 4) is 5.75 Å². The third-order valence-corrected chi connectivity index (χ3v) is 3.52. The molecule has 0 bridgehead atoms. The van der Waals surface area contributed by atoms with Crippen molar-refractivity contribution in [3.63, 3.8) is 0 Å². The van der Waals surface area contributed by atoms with Crippen LogP contribution < -0.4 is 10.1 Å². The Labute approximate surface area is 103 Å². The molecule has 16 heavy (non-hydrogen) atoms. The van der Waals surface area contributed by atoms with Gasteiger partial charge in [-0.15, -0.1) is 0 Å². The quantitative estimate of drug-likeness (QED) is 0.923. The molecule has 0 aliphatic carbocycles. The SMILES string of the molecule is COc1cc(Br)c(F)c(CC2CCCN2)c1. The van der Waals surface area contributed by atoms with Gasteiger partial charge in [-0.1, -0.05) is 0 Å². The van der Waals surface area contributed by atoms with Crippen molar-refractivity contribution in [1.29, 1.82) is 0 Å². The highest BCUT2D eigenvalue weighted by molar-refractivity contribution is 9.10. The van der Waals surface area contributed by atoms with Crippen LogP contribution in [0.3, 0.4) is 0 Å². The smallest absolute Gasteiger partial charge is 0.140 e. The molecule has 1 N–H and O–H groups in total. The highest BCUT2D eigenvalue weighted by atomic mass is 79.9. The van der Waals surface area contributed by atoms with Crippen LogP contribution in [0, 0.1) is 5.82 Å². The fourth-order valence-corrected chi connectivity index (χ4v) is 2.56. The standard InChI is InChI=1S/C12H15BrFNO/c1-16-10-6-8(12(14)11(13)7-10)5-9-3-2-4-15-9/h6-7,9,15H,2-5H2,1H3. The number of rotatable bonds is 3. The van der Waals surface area contributed by atoms with Crippen LogP contribution in [0.25, 0.3) is 0 Å². The fraction of sp³-hybridized carbons (Fsp3) is 0.500. The summed E-state index contributed by atoms with van der Waals surface area (Å²) in [5, 5.41) is 3.37. The van der Waals surface area contributed by atoms with Crippen LogP contribution in [0.4, 0.5) is 4.39 Å². The monoisotopic (exact) mass is 287 g/mol. The summed E-state index contributed by atoms with van der Waals surface area (Å²) in [5.41, 5.74) is 0.714. The van der Waals surface area contributed by atoms with E-state index in [1.165, 1.54) is 6.42 Å². The van der Waals surface area contributed by atoms with Gasteiger partial charge < -0.3 is 10.1 Å². The minimum atomic E-state index is -0.172. The second kappa shape index (κ2) is 5.15. The van der Waals surface area contributed by atoms with Gasteiger partial charge in [0.15, 0.2) is 0 Å². The Morgan fingerprint density at radius 2 is 2.38 bits per heavy atom. The topological polar surface area (TPSA) is 21.3 Å². The molecular formula is C12H15BrFNO.